The minimum Gasteiger partial charge on any atom is -0.464 e. The van der Waals surface area contributed by atoms with E-state index >= 15 is 0 Å². The van der Waals surface area contributed by atoms with Crippen molar-refractivity contribution in [2.24, 2.45) is 5.73 Å². The maximum Gasteiger partial charge on any atom is 0.419 e. The smallest absolute Gasteiger partial charge is 0.419 e. The number of urea groups is 1. The van der Waals surface area contributed by atoms with Crippen LogP contribution in [0.5, 0.6) is 0 Å². The number of primary amides is 1. The highest BCUT2D eigenvalue weighted by Crippen LogP contribution is 2.19. The van der Waals surface area contributed by atoms with Gasteiger partial charge in [0.1, 0.15) is 34.9 Å². The minimum atomic E-state index is -1.55. The number of nitrogens with one attached hydrogen (secondary N) is 1. The number of nitrogens with two attached hydrogens (primary N) is 1. The summed E-state index contributed by atoms with van der Waals surface area (Å²) >= 11 is 0. The van der Waals surface area contributed by atoms with E-state index in [1.54, 1.807) is 18.2 Å². The summed E-state index contributed by atoms with van der Waals surface area (Å²) in [7, 11) is 0. The number of amides is 5. The number of rotatable bonds is 5. The van der Waals surface area contributed by atoms with E-state index in [0.29, 0.717) is 17.0 Å². The Labute approximate surface area is 233 Å². The molecule has 0 aliphatic heterocycles. The van der Waals surface area contributed by atoms with Gasteiger partial charge in [-0.25, -0.2) is 41.4 Å². The number of anilines is 2. The Kier molecular flexibility index (Phi) is 9.84. The third kappa shape index (κ3) is 7.62. The topological polar surface area (TPSA) is 146 Å². The quantitative estimate of drug-likeness (QED) is 0.211. The zero-order valence-electron chi connectivity index (χ0n) is 21.0. The molecule has 5 amide bonds. The molecule has 0 aliphatic carbocycles. The molecule has 10 nitrogen and oxygen atoms in total. The molecule has 4 N–H and O–H groups in total. The number of carbonyl (C=O) groups excluding carboxylic acids is 3. The number of imide groups is 2. The standard InChI is InChI=1S/C14H9F2NO3.C13H9F3N4O2/c15-9-6-7-11(12(16)8-9)13(18)17(14(19)20)10-4-2-1-3-5-10;14-7-1-3-9(10(16)5-7)12(21)20(13(17)22)19-11-4-2-8(15)6-18-11/h1-8H,(H,19,20);1-6H,(H2,17,22)(H,18,19). The molecule has 15 heteroatoms. The van der Waals surface area contributed by atoms with Crippen LogP contribution in [0.4, 0.5) is 43.0 Å². The molecule has 0 radical (unpaired) electrons. The average Bonchev–Trinajstić information content (AvgIpc) is 2.93. The molecule has 0 fully saturated rings. The van der Waals surface area contributed by atoms with Crippen molar-refractivity contribution < 1.29 is 46.2 Å². The number of carboxylic acid groups (broad SMARTS) is 1. The maximum atomic E-state index is 13.6. The van der Waals surface area contributed by atoms with Crippen molar-refractivity contribution >= 4 is 35.4 Å². The zero-order valence-corrected chi connectivity index (χ0v) is 21.0. The zero-order chi connectivity index (χ0) is 31.0. The number of hydrogen-bond acceptors (Lipinski definition) is 6. The SMILES string of the molecule is NC(=O)N(Nc1ccc(F)cn1)C(=O)c1ccc(F)cc1F.O=C(O)N(C(=O)c1ccc(F)cc1F)c1ccccc1. The van der Waals surface area contributed by atoms with Crippen molar-refractivity contribution in [3.63, 3.8) is 0 Å². The highest BCUT2D eigenvalue weighted by molar-refractivity contribution is 6.18. The van der Waals surface area contributed by atoms with E-state index in [1.165, 1.54) is 12.1 Å². The predicted molar refractivity (Wildman–Crippen MR) is 138 cm³/mol. The highest BCUT2D eigenvalue weighted by Gasteiger charge is 2.27. The first-order chi connectivity index (χ1) is 19.9. The molecule has 0 saturated heterocycles. The third-order valence-electron chi connectivity index (χ3n) is 5.11. The predicted octanol–water partition coefficient (Wildman–Crippen LogP) is 5.34. The van der Waals surface area contributed by atoms with Crippen molar-refractivity contribution in [2.45, 2.75) is 0 Å². The van der Waals surface area contributed by atoms with Crippen LogP contribution in [0.3, 0.4) is 0 Å². The molecule has 42 heavy (non-hydrogen) atoms. The van der Waals surface area contributed by atoms with Crippen LogP contribution in [0.25, 0.3) is 0 Å². The van der Waals surface area contributed by atoms with E-state index in [2.05, 4.69) is 10.4 Å². The van der Waals surface area contributed by atoms with Gasteiger partial charge in [-0.05, 0) is 48.5 Å². The normalized spacial score (nSPS) is 10.1. The number of benzene rings is 3. The molecule has 4 aromatic rings. The van der Waals surface area contributed by atoms with Crippen LogP contribution < -0.4 is 16.1 Å². The lowest BCUT2D eigenvalue weighted by atomic mass is 10.1. The molecule has 216 valence electrons. The molecular formula is C27H18F5N5O5. The fraction of sp³-hybridized carbons (Fsp3) is 0. The van der Waals surface area contributed by atoms with Crippen molar-refractivity contribution in [1.29, 1.82) is 0 Å². The number of aromatic nitrogens is 1. The second kappa shape index (κ2) is 13.5. The van der Waals surface area contributed by atoms with Crippen LogP contribution in [0.2, 0.25) is 0 Å². The summed E-state index contributed by atoms with van der Waals surface area (Å²) in [5, 5.41) is 9.39. The Morgan fingerprint density at radius 3 is 1.69 bits per heavy atom. The van der Waals surface area contributed by atoms with E-state index in [9.17, 15) is 41.1 Å². The Hall–Kier alpha value is -5.86. The third-order valence-corrected chi connectivity index (χ3v) is 5.11. The maximum absolute atomic E-state index is 13.6. The molecule has 4 rings (SSSR count). The Morgan fingerprint density at radius 1 is 0.714 bits per heavy atom. The van der Waals surface area contributed by atoms with E-state index < -0.39 is 64.2 Å². The van der Waals surface area contributed by atoms with Gasteiger partial charge in [0.2, 0.25) is 0 Å². The summed E-state index contributed by atoms with van der Waals surface area (Å²) in [6.07, 6.45) is -0.713. The summed E-state index contributed by atoms with van der Waals surface area (Å²) in [6.45, 7) is 0. The summed E-state index contributed by atoms with van der Waals surface area (Å²) in [5.74, 6) is -6.95. The summed E-state index contributed by atoms with van der Waals surface area (Å²) < 4.78 is 65.5. The molecule has 0 bridgehead atoms. The summed E-state index contributed by atoms with van der Waals surface area (Å²) in [5.41, 5.74) is 6.24. The van der Waals surface area contributed by atoms with E-state index in [-0.39, 0.29) is 16.5 Å². The molecule has 1 heterocycles. The van der Waals surface area contributed by atoms with Crippen molar-refractivity contribution in [2.75, 3.05) is 10.3 Å². The first kappa shape index (κ1) is 30.7. The lowest BCUT2D eigenvalue weighted by molar-refractivity contribution is 0.0830. The number of para-hydroxylation sites is 1. The number of hydrazine groups is 1. The molecule has 0 atom stereocenters. The van der Waals surface area contributed by atoms with Crippen molar-refractivity contribution in [1.82, 2.24) is 9.99 Å². The molecular weight excluding hydrogens is 569 g/mol. The Bertz CT molecular complexity index is 1620. The number of pyridine rings is 1. The average molecular weight is 587 g/mol. The number of hydrogen-bond donors (Lipinski definition) is 3. The summed E-state index contributed by atoms with van der Waals surface area (Å²) in [4.78, 5) is 50.7. The van der Waals surface area contributed by atoms with Gasteiger partial charge in [-0.2, -0.15) is 5.01 Å². The van der Waals surface area contributed by atoms with E-state index in [1.807, 2.05) is 0 Å². The van der Waals surface area contributed by atoms with Gasteiger partial charge in [0.25, 0.3) is 11.8 Å². The second-order valence-electron chi connectivity index (χ2n) is 7.96. The van der Waals surface area contributed by atoms with Crippen LogP contribution in [0.1, 0.15) is 20.7 Å². The molecule has 0 saturated carbocycles. The Morgan fingerprint density at radius 2 is 1.24 bits per heavy atom. The second-order valence-corrected chi connectivity index (χ2v) is 7.96. The van der Waals surface area contributed by atoms with Gasteiger partial charge in [0.15, 0.2) is 0 Å². The van der Waals surface area contributed by atoms with Gasteiger partial charge < -0.3 is 10.8 Å². The van der Waals surface area contributed by atoms with Crippen LogP contribution in [-0.2, 0) is 0 Å². The van der Waals surface area contributed by atoms with Crippen LogP contribution in [-0.4, -0.2) is 39.0 Å². The van der Waals surface area contributed by atoms with Gasteiger partial charge >= 0.3 is 12.1 Å². The fourth-order valence-electron chi connectivity index (χ4n) is 3.22. The van der Waals surface area contributed by atoms with E-state index in [0.717, 1.165) is 42.6 Å². The fourth-order valence-corrected chi connectivity index (χ4v) is 3.22. The minimum absolute atomic E-state index is 0.0731. The molecule has 3 aromatic carbocycles. The molecule has 1 aromatic heterocycles. The summed E-state index contributed by atoms with van der Waals surface area (Å²) in [6, 6.07) is 13.0. The largest absolute Gasteiger partial charge is 0.464 e. The highest BCUT2D eigenvalue weighted by atomic mass is 19.1. The lowest BCUT2D eigenvalue weighted by Gasteiger charge is -2.19. The number of halogens is 5. The van der Waals surface area contributed by atoms with Gasteiger partial charge in [-0.3, -0.25) is 15.0 Å². The molecule has 0 spiro atoms. The molecule has 0 aliphatic rings. The first-order valence-corrected chi connectivity index (χ1v) is 11.4. The number of carbonyl (C=O) groups is 4. The first-order valence-electron chi connectivity index (χ1n) is 11.4. The van der Waals surface area contributed by atoms with Gasteiger partial charge in [-0.1, -0.05) is 18.2 Å². The van der Waals surface area contributed by atoms with Crippen LogP contribution in [0.15, 0.2) is 85.1 Å². The van der Waals surface area contributed by atoms with Gasteiger partial charge in [0, 0.05) is 12.1 Å². The Balaban J connectivity index is 0.000000231. The molecule has 0 unspecified atom stereocenters. The van der Waals surface area contributed by atoms with Crippen LogP contribution >= 0.6 is 0 Å². The monoisotopic (exact) mass is 587 g/mol. The lowest BCUT2D eigenvalue weighted by Crippen LogP contribution is -2.45. The van der Waals surface area contributed by atoms with Gasteiger partial charge in [-0.15, -0.1) is 0 Å². The van der Waals surface area contributed by atoms with E-state index in [4.69, 9.17) is 10.8 Å². The van der Waals surface area contributed by atoms with Crippen LogP contribution in [0, 0.1) is 29.1 Å². The van der Waals surface area contributed by atoms with Crippen molar-refractivity contribution in [3.8, 4) is 0 Å². The van der Waals surface area contributed by atoms with Gasteiger partial charge in [0.05, 0.1) is 23.0 Å². The number of nitrogens with zero attached hydrogens (tertiary/aromatic N) is 3. The van der Waals surface area contributed by atoms with Crippen molar-refractivity contribution in [3.05, 3.63) is 125 Å².